The molecule has 0 heterocycles. The predicted octanol–water partition coefficient (Wildman–Crippen LogP) is 3.79. The Morgan fingerprint density at radius 1 is 1.32 bits per heavy atom. The normalized spacial score (nSPS) is 10.3. The number of hydrogen-bond acceptors (Lipinski definition) is 3. The molecule has 0 radical (unpaired) electrons. The van der Waals surface area contributed by atoms with Crippen LogP contribution < -0.4 is 15.8 Å². The zero-order valence-corrected chi connectivity index (χ0v) is 12.0. The Morgan fingerprint density at radius 2 is 2.05 bits per heavy atom. The summed E-state index contributed by atoms with van der Waals surface area (Å²) in [6.45, 7) is 0.505. The maximum atomic E-state index is 13.8. The summed E-state index contributed by atoms with van der Waals surface area (Å²) < 4.78 is 19.8. The lowest BCUT2D eigenvalue weighted by molar-refractivity contribution is 0.416. The molecule has 0 atom stereocenters. The second-order valence-electron chi connectivity index (χ2n) is 4.02. The second-order valence-corrected chi connectivity index (χ2v) is 4.87. The molecular formula is C14H14BrFN2O. The van der Waals surface area contributed by atoms with E-state index >= 15 is 0 Å². The van der Waals surface area contributed by atoms with Crippen LogP contribution in [0.2, 0.25) is 0 Å². The first-order valence-electron chi connectivity index (χ1n) is 5.72. The van der Waals surface area contributed by atoms with Gasteiger partial charge in [0, 0.05) is 23.2 Å². The molecule has 0 bridgehead atoms. The second kappa shape index (κ2) is 5.93. The van der Waals surface area contributed by atoms with Crippen LogP contribution in [-0.4, -0.2) is 7.11 Å². The Labute approximate surface area is 119 Å². The lowest BCUT2D eigenvalue weighted by atomic mass is 10.2. The molecule has 0 spiro atoms. The first-order chi connectivity index (χ1) is 9.11. The van der Waals surface area contributed by atoms with Crippen LogP contribution in [0.5, 0.6) is 5.75 Å². The Balaban J connectivity index is 2.18. The van der Waals surface area contributed by atoms with Gasteiger partial charge in [-0.25, -0.2) is 4.39 Å². The first kappa shape index (κ1) is 13.7. The average molecular weight is 325 g/mol. The van der Waals surface area contributed by atoms with Crippen LogP contribution >= 0.6 is 15.9 Å². The van der Waals surface area contributed by atoms with E-state index < -0.39 is 5.82 Å². The number of methoxy groups -OCH3 is 1. The fraction of sp³-hybridized carbons (Fsp3) is 0.143. The minimum Gasteiger partial charge on any atom is -0.495 e. The fourth-order valence-corrected chi connectivity index (χ4v) is 2.14. The van der Waals surface area contributed by atoms with Crippen LogP contribution in [0, 0.1) is 5.82 Å². The predicted molar refractivity (Wildman–Crippen MR) is 78.8 cm³/mol. The van der Waals surface area contributed by atoms with Gasteiger partial charge in [-0.1, -0.05) is 34.1 Å². The van der Waals surface area contributed by atoms with E-state index in [0.717, 1.165) is 10.0 Å². The monoisotopic (exact) mass is 324 g/mol. The standard InChI is InChI=1S/C14H14BrFN2O/c1-19-14-7-13(11(16)6-12(14)17)18-8-9-4-2-3-5-10(9)15/h2-7,18H,8,17H2,1H3. The molecule has 2 aromatic rings. The zero-order valence-electron chi connectivity index (χ0n) is 10.4. The molecule has 2 aromatic carbocycles. The summed E-state index contributed by atoms with van der Waals surface area (Å²) >= 11 is 3.45. The summed E-state index contributed by atoms with van der Waals surface area (Å²) in [4.78, 5) is 0. The number of nitrogen functional groups attached to an aromatic ring is 1. The molecule has 0 aliphatic rings. The van der Waals surface area contributed by atoms with Gasteiger partial charge in [-0.3, -0.25) is 0 Å². The number of nitrogens with two attached hydrogens (primary N) is 1. The summed E-state index contributed by atoms with van der Waals surface area (Å²) in [5.74, 6) is 0.0568. The Kier molecular flexibility index (Phi) is 4.27. The number of ether oxygens (including phenoxy) is 1. The van der Waals surface area contributed by atoms with Crippen molar-refractivity contribution in [3.63, 3.8) is 0 Å². The van der Waals surface area contributed by atoms with Crippen molar-refractivity contribution < 1.29 is 9.13 Å². The molecule has 100 valence electrons. The molecule has 3 N–H and O–H groups in total. The Morgan fingerprint density at radius 3 is 2.74 bits per heavy atom. The van der Waals surface area contributed by atoms with Crippen LogP contribution in [0.1, 0.15) is 5.56 Å². The van der Waals surface area contributed by atoms with Crippen molar-refractivity contribution in [2.24, 2.45) is 0 Å². The third kappa shape index (κ3) is 3.17. The number of benzene rings is 2. The molecule has 5 heteroatoms. The zero-order chi connectivity index (χ0) is 13.8. The quantitative estimate of drug-likeness (QED) is 0.841. The molecule has 0 fully saturated rings. The summed E-state index contributed by atoms with van der Waals surface area (Å²) in [5.41, 5.74) is 7.32. The first-order valence-corrected chi connectivity index (χ1v) is 6.51. The van der Waals surface area contributed by atoms with Crippen LogP contribution in [0.25, 0.3) is 0 Å². The van der Waals surface area contributed by atoms with E-state index in [1.165, 1.54) is 13.2 Å². The Hall–Kier alpha value is -1.75. The van der Waals surface area contributed by atoms with E-state index in [1.54, 1.807) is 6.07 Å². The third-order valence-corrected chi connectivity index (χ3v) is 3.52. The van der Waals surface area contributed by atoms with Crippen LogP contribution in [0.4, 0.5) is 15.8 Å². The fourth-order valence-electron chi connectivity index (χ4n) is 1.71. The molecule has 2 rings (SSSR count). The number of halogens is 2. The van der Waals surface area contributed by atoms with Crippen molar-refractivity contribution in [2.75, 3.05) is 18.2 Å². The molecule has 0 aliphatic heterocycles. The molecule has 0 unspecified atom stereocenters. The van der Waals surface area contributed by atoms with Crippen LogP contribution in [0.15, 0.2) is 40.9 Å². The SMILES string of the molecule is COc1cc(NCc2ccccc2Br)c(F)cc1N. The molecular weight excluding hydrogens is 311 g/mol. The Bertz CT molecular complexity index is 590. The van der Waals surface area contributed by atoms with Gasteiger partial charge < -0.3 is 15.8 Å². The largest absolute Gasteiger partial charge is 0.495 e. The maximum absolute atomic E-state index is 13.8. The van der Waals surface area contributed by atoms with Crippen LogP contribution in [0.3, 0.4) is 0 Å². The van der Waals surface area contributed by atoms with Gasteiger partial charge in [0.15, 0.2) is 0 Å². The van der Waals surface area contributed by atoms with E-state index in [-0.39, 0.29) is 5.69 Å². The highest BCUT2D eigenvalue weighted by atomic mass is 79.9. The summed E-state index contributed by atoms with van der Waals surface area (Å²) in [6, 6.07) is 10.6. The summed E-state index contributed by atoms with van der Waals surface area (Å²) in [5, 5.41) is 3.03. The van der Waals surface area contributed by atoms with Crippen molar-refractivity contribution in [1.29, 1.82) is 0 Å². The van der Waals surface area contributed by atoms with Crippen LogP contribution in [-0.2, 0) is 6.54 Å². The molecule has 0 aliphatic carbocycles. The van der Waals surface area contributed by atoms with Crippen molar-refractivity contribution in [2.45, 2.75) is 6.54 Å². The topological polar surface area (TPSA) is 47.3 Å². The highest BCUT2D eigenvalue weighted by Gasteiger charge is 2.08. The number of rotatable bonds is 4. The molecule has 0 amide bonds. The van der Waals surface area contributed by atoms with E-state index in [0.29, 0.717) is 18.0 Å². The van der Waals surface area contributed by atoms with Crippen molar-refractivity contribution >= 4 is 27.3 Å². The number of hydrogen-bond donors (Lipinski definition) is 2. The van der Waals surface area contributed by atoms with E-state index in [1.807, 2.05) is 24.3 Å². The molecule has 0 saturated carbocycles. The van der Waals surface area contributed by atoms with Gasteiger partial charge in [-0.2, -0.15) is 0 Å². The van der Waals surface area contributed by atoms with Gasteiger partial charge in [-0.15, -0.1) is 0 Å². The van der Waals surface area contributed by atoms with Gasteiger partial charge in [-0.05, 0) is 11.6 Å². The lowest BCUT2D eigenvalue weighted by Crippen LogP contribution is -2.04. The van der Waals surface area contributed by atoms with E-state index in [2.05, 4.69) is 21.2 Å². The van der Waals surface area contributed by atoms with Gasteiger partial charge in [0.1, 0.15) is 11.6 Å². The van der Waals surface area contributed by atoms with Gasteiger partial charge >= 0.3 is 0 Å². The maximum Gasteiger partial charge on any atom is 0.148 e. The van der Waals surface area contributed by atoms with E-state index in [4.69, 9.17) is 10.5 Å². The highest BCUT2D eigenvalue weighted by molar-refractivity contribution is 9.10. The van der Waals surface area contributed by atoms with Crippen molar-refractivity contribution in [3.05, 3.63) is 52.3 Å². The van der Waals surface area contributed by atoms with E-state index in [9.17, 15) is 4.39 Å². The molecule has 19 heavy (non-hydrogen) atoms. The average Bonchev–Trinajstić information content (AvgIpc) is 2.39. The number of nitrogens with one attached hydrogen (secondary N) is 1. The molecule has 0 saturated heterocycles. The van der Waals surface area contributed by atoms with Gasteiger partial charge in [0.25, 0.3) is 0 Å². The minimum absolute atomic E-state index is 0.284. The number of anilines is 2. The van der Waals surface area contributed by atoms with Crippen molar-refractivity contribution in [1.82, 2.24) is 0 Å². The third-order valence-electron chi connectivity index (χ3n) is 2.75. The van der Waals surface area contributed by atoms with Gasteiger partial charge in [0.05, 0.1) is 18.5 Å². The molecule has 3 nitrogen and oxygen atoms in total. The summed E-state index contributed by atoms with van der Waals surface area (Å²) in [7, 11) is 1.50. The summed E-state index contributed by atoms with van der Waals surface area (Å²) in [6.07, 6.45) is 0. The minimum atomic E-state index is -0.398. The highest BCUT2D eigenvalue weighted by Crippen LogP contribution is 2.29. The lowest BCUT2D eigenvalue weighted by Gasteiger charge is -2.12. The molecule has 0 aromatic heterocycles. The van der Waals surface area contributed by atoms with Gasteiger partial charge in [0.2, 0.25) is 0 Å². The smallest absolute Gasteiger partial charge is 0.148 e. The van der Waals surface area contributed by atoms with Crippen molar-refractivity contribution in [3.8, 4) is 5.75 Å².